The highest BCUT2D eigenvalue weighted by atomic mass is 15.1. The van der Waals surface area contributed by atoms with E-state index in [1.54, 1.807) is 0 Å². The highest BCUT2D eigenvalue weighted by molar-refractivity contribution is 5.51. The van der Waals surface area contributed by atoms with Gasteiger partial charge in [-0.15, -0.1) is 0 Å². The number of nitrogens with zero attached hydrogens (tertiary/aromatic N) is 2. The summed E-state index contributed by atoms with van der Waals surface area (Å²) >= 11 is 0. The molecule has 0 atom stereocenters. The number of rotatable bonds is 5. The molecule has 0 bridgehead atoms. The number of anilines is 3. The van der Waals surface area contributed by atoms with E-state index in [0.717, 1.165) is 17.6 Å². The molecule has 0 spiro atoms. The molecule has 1 heterocycles. The molecule has 1 aliphatic carbocycles. The van der Waals surface area contributed by atoms with Crippen LogP contribution < -0.4 is 16.4 Å². The Hall–Kier alpha value is -1.52. The first-order valence-corrected chi connectivity index (χ1v) is 7.30. The van der Waals surface area contributed by atoms with Gasteiger partial charge in [-0.05, 0) is 31.6 Å². The molecule has 19 heavy (non-hydrogen) atoms. The molecule has 1 aromatic rings. The van der Waals surface area contributed by atoms with E-state index in [4.69, 9.17) is 5.73 Å². The van der Waals surface area contributed by atoms with Crippen LogP contribution in [0.25, 0.3) is 0 Å². The third-order valence-corrected chi connectivity index (χ3v) is 3.90. The van der Waals surface area contributed by atoms with Gasteiger partial charge in [-0.25, -0.2) is 0 Å². The molecule has 0 radical (unpaired) electrons. The van der Waals surface area contributed by atoms with E-state index in [0.29, 0.717) is 12.0 Å². The van der Waals surface area contributed by atoms with Gasteiger partial charge in [0.2, 0.25) is 5.95 Å². The van der Waals surface area contributed by atoms with Crippen LogP contribution in [0.15, 0.2) is 6.07 Å². The van der Waals surface area contributed by atoms with E-state index in [1.165, 1.54) is 38.5 Å². The first-order chi connectivity index (χ1) is 9.21. The van der Waals surface area contributed by atoms with Crippen molar-refractivity contribution >= 4 is 17.6 Å². The van der Waals surface area contributed by atoms with Crippen LogP contribution in [-0.4, -0.2) is 23.1 Å². The number of hydrogen-bond acceptors (Lipinski definition) is 5. The van der Waals surface area contributed by atoms with E-state index in [-0.39, 0.29) is 0 Å². The van der Waals surface area contributed by atoms with Crippen molar-refractivity contribution in [2.45, 2.75) is 51.5 Å². The summed E-state index contributed by atoms with van der Waals surface area (Å²) in [5, 5.41) is 6.49. The topological polar surface area (TPSA) is 75.9 Å². The van der Waals surface area contributed by atoms with Crippen LogP contribution in [0, 0.1) is 5.92 Å². The molecule has 1 saturated carbocycles. The summed E-state index contributed by atoms with van der Waals surface area (Å²) in [4.78, 5) is 8.34. The van der Waals surface area contributed by atoms with E-state index in [1.807, 2.05) is 13.1 Å². The zero-order valence-electron chi connectivity index (χ0n) is 11.9. The Morgan fingerprint density at radius 2 is 1.89 bits per heavy atom. The molecule has 4 N–H and O–H groups in total. The molecular formula is C14H25N5. The van der Waals surface area contributed by atoms with Crippen molar-refractivity contribution in [1.82, 2.24) is 9.97 Å². The molecule has 1 fully saturated rings. The maximum Gasteiger partial charge on any atom is 0.223 e. The molecule has 1 aliphatic rings. The van der Waals surface area contributed by atoms with Crippen molar-refractivity contribution in [3.05, 3.63) is 6.07 Å². The highest BCUT2D eigenvalue weighted by Crippen LogP contribution is 2.29. The van der Waals surface area contributed by atoms with E-state index in [2.05, 4.69) is 27.5 Å². The van der Waals surface area contributed by atoms with Gasteiger partial charge in [-0.3, -0.25) is 0 Å². The molecule has 5 heteroatoms. The third-order valence-electron chi connectivity index (χ3n) is 3.90. The molecule has 0 amide bonds. The van der Waals surface area contributed by atoms with E-state index in [9.17, 15) is 0 Å². The van der Waals surface area contributed by atoms with Crippen LogP contribution in [0.2, 0.25) is 0 Å². The summed E-state index contributed by atoms with van der Waals surface area (Å²) in [5.74, 6) is 2.82. The molecule has 0 saturated heterocycles. The van der Waals surface area contributed by atoms with E-state index >= 15 is 0 Å². The molecule has 0 unspecified atom stereocenters. The highest BCUT2D eigenvalue weighted by Gasteiger charge is 2.20. The number of nitrogens with two attached hydrogens (primary N) is 1. The summed E-state index contributed by atoms with van der Waals surface area (Å²) < 4.78 is 0. The van der Waals surface area contributed by atoms with Gasteiger partial charge < -0.3 is 16.4 Å². The van der Waals surface area contributed by atoms with Crippen molar-refractivity contribution in [2.24, 2.45) is 5.92 Å². The number of nitrogens with one attached hydrogen (secondary N) is 2. The maximum absolute atomic E-state index is 5.70. The second kappa shape index (κ2) is 6.59. The summed E-state index contributed by atoms with van der Waals surface area (Å²) in [6.07, 6.45) is 7.77. The molecular weight excluding hydrogens is 238 g/mol. The minimum atomic E-state index is 0.314. The number of nitrogen functional groups attached to an aromatic ring is 1. The predicted octanol–water partition coefficient (Wildman–Crippen LogP) is 2.87. The van der Waals surface area contributed by atoms with Gasteiger partial charge in [-0.1, -0.05) is 19.8 Å². The van der Waals surface area contributed by atoms with E-state index < -0.39 is 0 Å². The summed E-state index contributed by atoms with van der Waals surface area (Å²) in [6.45, 7) is 2.27. The second-order valence-electron chi connectivity index (χ2n) is 5.40. The standard InChI is InChI=1S/C14H25N5/c1-3-4-10-5-7-11(8-6-10)17-13-9-12(16-2)18-14(15)19-13/h9-11H,3-8H2,1-2H3,(H4,15,16,17,18,19). The van der Waals surface area contributed by atoms with Gasteiger partial charge in [0.25, 0.3) is 0 Å². The van der Waals surface area contributed by atoms with Crippen LogP contribution in [0.3, 0.4) is 0 Å². The van der Waals surface area contributed by atoms with Crippen LogP contribution in [0.4, 0.5) is 17.6 Å². The fourth-order valence-electron chi connectivity index (χ4n) is 2.88. The van der Waals surface area contributed by atoms with Crippen molar-refractivity contribution in [3.63, 3.8) is 0 Å². The lowest BCUT2D eigenvalue weighted by Gasteiger charge is -2.29. The molecule has 0 aliphatic heterocycles. The van der Waals surface area contributed by atoms with Crippen LogP contribution >= 0.6 is 0 Å². The Morgan fingerprint density at radius 3 is 2.53 bits per heavy atom. The summed E-state index contributed by atoms with van der Waals surface area (Å²) in [5.41, 5.74) is 5.70. The monoisotopic (exact) mass is 263 g/mol. The molecule has 0 aromatic carbocycles. The zero-order chi connectivity index (χ0) is 13.7. The van der Waals surface area contributed by atoms with Crippen molar-refractivity contribution in [3.8, 4) is 0 Å². The zero-order valence-corrected chi connectivity index (χ0v) is 11.9. The largest absolute Gasteiger partial charge is 0.373 e. The summed E-state index contributed by atoms with van der Waals surface area (Å²) in [7, 11) is 1.83. The molecule has 1 aromatic heterocycles. The quantitative estimate of drug-likeness (QED) is 0.761. The maximum atomic E-state index is 5.70. The van der Waals surface area contributed by atoms with Gasteiger partial charge in [0.1, 0.15) is 11.6 Å². The van der Waals surface area contributed by atoms with Crippen LogP contribution in [0.5, 0.6) is 0 Å². The van der Waals surface area contributed by atoms with Gasteiger partial charge >= 0.3 is 0 Å². The molecule has 2 rings (SSSR count). The lowest BCUT2D eigenvalue weighted by molar-refractivity contribution is 0.318. The lowest BCUT2D eigenvalue weighted by Crippen LogP contribution is -2.26. The fraction of sp³-hybridized carbons (Fsp3) is 0.714. The van der Waals surface area contributed by atoms with Crippen LogP contribution in [0.1, 0.15) is 45.4 Å². The predicted molar refractivity (Wildman–Crippen MR) is 80.3 cm³/mol. The Balaban J connectivity index is 1.90. The van der Waals surface area contributed by atoms with Crippen molar-refractivity contribution in [1.29, 1.82) is 0 Å². The SMILES string of the molecule is CCCC1CCC(Nc2cc(NC)nc(N)n2)CC1. The Morgan fingerprint density at radius 1 is 1.21 bits per heavy atom. The normalized spacial score (nSPS) is 23.1. The van der Waals surface area contributed by atoms with Gasteiger partial charge in [-0.2, -0.15) is 9.97 Å². The Labute approximate surface area is 115 Å². The summed E-state index contributed by atoms with van der Waals surface area (Å²) in [6, 6.07) is 2.43. The number of aromatic nitrogens is 2. The first kappa shape index (κ1) is 13.9. The minimum Gasteiger partial charge on any atom is -0.373 e. The average molecular weight is 263 g/mol. The van der Waals surface area contributed by atoms with Crippen molar-refractivity contribution in [2.75, 3.05) is 23.4 Å². The second-order valence-corrected chi connectivity index (χ2v) is 5.40. The fourth-order valence-corrected chi connectivity index (χ4v) is 2.88. The van der Waals surface area contributed by atoms with Crippen molar-refractivity contribution < 1.29 is 0 Å². The van der Waals surface area contributed by atoms with Crippen LogP contribution in [-0.2, 0) is 0 Å². The lowest BCUT2D eigenvalue weighted by atomic mass is 9.83. The third kappa shape index (κ3) is 3.98. The molecule has 5 nitrogen and oxygen atoms in total. The smallest absolute Gasteiger partial charge is 0.223 e. The average Bonchev–Trinajstić information content (AvgIpc) is 2.40. The molecule has 106 valence electrons. The Bertz CT molecular complexity index is 399. The number of hydrogen-bond donors (Lipinski definition) is 3. The van der Waals surface area contributed by atoms with Gasteiger partial charge in [0.15, 0.2) is 0 Å². The van der Waals surface area contributed by atoms with Gasteiger partial charge in [0, 0.05) is 19.2 Å². The minimum absolute atomic E-state index is 0.314. The first-order valence-electron chi connectivity index (χ1n) is 7.30. The Kier molecular flexibility index (Phi) is 4.82. The van der Waals surface area contributed by atoms with Gasteiger partial charge in [0.05, 0.1) is 0 Å².